The zero-order chi connectivity index (χ0) is 13.8. The molecule has 0 atom stereocenters. The van der Waals surface area contributed by atoms with Crippen LogP contribution in [0.25, 0.3) is 0 Å². The van der Waals surface area contributed by atoms with E-state index >= 15 is 0 Å². The average Bonchev–Trinajstić information content (AvgIpc) is 2.39. The van der Waals surface area contributed by atoms with Gasteiger partial charge in [0.15, 0.2) is 0 Å². The average molecular weight is 284 g/mol. The van der Waals surface area contributed by atoms with Crippen LogP contribution in [0.5, 0.6) is 5.75 Å². The molecule has 0 unspecified atom stereocenters. The minimum Gasteiger partial charge on any atom is -0.489 e. The Morgan fingerprint density at radius 3 is 2.53 bits per heavy atom. The zero-order valence-electron chi connectivity index (χ0n) is 10.00. The molecule has 2 nitrogen and oxygen atoms in total. The lowest BCUT2D eigenvalue weighted by Gasteiger charge is -2.08. The van der Waals surface area contributed by atoms with E-state index < -0.39 is 11.6 Å². The summed E-state index contributed by atoms with van der Waals surface area (Å²) in [6.45, 7) is 0.407. The summed E-state index contributed by atoms with van der Waals surface area (Å²) in [5, 5.41) is 0.0305. The van der Waals surface area contributed by atoms with Gasteiger partial charge in [0.2, 0.25) is 0 Å². The molecule has 0 heterocycles. The third kappa shape index (κ3) is 3.66. The summed E-state index contributed by atoms with van der Waals surface area (Å²) < 4.78 is 31.7. The second-order valence-electron chi connectivity index (χ2n) is 4.04. The molecule has 0 fully saturated rings. The predicted molar refractivity (Wildman–Crippen MR) is 70.0 cm³/mol. The molecule has 100 valence electrons. The van der Waals surface area contributed by atoms with E-state index in [2.05, 4.69) is 0 Å². The first-order chi connectivity index (χ1) is 9.08. The fourth-order valence-electron chi connectivity index (χ4n) is 1.62. The number of nitrogens with two attached hydrogens (primary N) is 1. The molecular formula is C14H12ClF2NO. The van der Waals surface area contributed by atoms with Crippen molar-refractivity contribution in [2.45, 2.75) is 13.2 Å². The van der Waals surface area contributed by atoms with Gasteiger partial charge in [0.05, 0.1) is 5.02 Å². The number of hydrogen-bond donors (Lipinski definition) is 1. The lowest BCUT2D eigenvalue weighted by molar-refractivity contribution is 0.304. The molecule has 2 rings (SSSR count). The first-order valence-corrected chi connectivity index (χ1v) is 6.02. The van der Waals surface area contributed by atoms with Gasteiger partial charge >= 0.3 is 0 Å². The summed E-state index contributed by atoms with van der Waals surface area (Å²) in [5.74, 6) is -0.516. The van der Waals surface area contributed by atoms with Crippen LogP contribution in [-0.4, -0.2) is 0 Å². The van der Waals surface area contributed by atoms with Crippen LogP contribution >= 0.6 is 11.6 Å². The fraction of sp³-hybridized carbons (Fsp3) is 0.143. The zero-order valence-corrected chi connectivity index (χ0v) is 10.8. The summed E-state index contributed by atoms with van der Waals surface area (Å²) in [4.78, 5) is 0. The van der Waals surface area contributed by atoms with Gasteiger partial charge in [-0.2, -0.15) is 0 Å². The largest absolute Gasteiger partial charge is 0.489 e. The Kier molecular flexibility index (Phi) is 4.35. The topological polar surface area (TPSA) is 35.2 Å². The molecule has 0 amide bonds. The lowest BCUT2D eigenvalue weighted by Crippen LogP contribution is -2.00. The van der Waals surface area contributed by atoms with Crippen molar-refractivity contribution in [1.82, 2.24) is 0 Å². The van der Waals surface area contributed by atoms with E-state index in [0.717, 1.165) is 0 Å². The maximum Gasteiger partial charge on any atom is 0.141 e. The van der Waals surface area contributed by atoms with Gasteiger partial charge in [-0.25, -0.2) is 8.78 Å². The van der Waals surface area contributed by atoms with Crippen molar-refractivity contribution >= 4 is 11.6 Å². The van der Waals surface area contributed by atoms with Crippen LogP contribution in [0.1, 0.15) is 11.1 Å². The third-order valence-corrected chi connectivity index (χ3v) is 2.85. The molecule has 0 bridgehead atoms. The van der Waals surface area contributed by atoms with E-state index in [1.165, 1.54) is 24.3 Å². The van der Waals surface area contributed by atoms with E-state index in [-0.39, 0.29) is 18.2 Å². The maximum atomic E-state index is 13.3. The predicted octanol–water partition coefficient (Wildman–Crippen LogP) is 3.66. The van der Waals surface area contributed by atoms with Gasteiger partial charge < -0.3 is 10.5 Å². The summed E-state index contributed by atoms with van der Waals surface area (Å²) in [6.07, 6.45) is 0. The van der Waals surface area contributed by atoms with Gasteiger partial charge in [-0.1, -0.05) is 17.7 Å². The Balaban J connectivity index is 2.09. The molecule has 0 aliphatic rings. The molecule has 0 saturated heterocycles. The molecule has 0 radical (unpaired) electrons. The first-order valence-electron chi connectivity index (χ1n) is 5.65. The van der Waals surface area contributed by atoms with Crippen molar-refractivity contribution in [3.05, 3.63) is 64.2 Å². The van der Waals surface area contributed by atoms with Crippen molar-refractivity contribution in [3.63, 3.8) is 0 Å². The van der Waals surface area contributed by atoms with Crippen molar-refractivity contribution < 1.29 is 13.5 Å². The van der Waals surface area contributed by atoms with Gasteiger partial charge in [0.1, 0.15) is 24.0 Å². The van der Waals surface area contributed by atoms with Crippen molar-refractivity contribution in [2.24, 2.45) is 5.73 Å². The van der Waals surface area contributed by atoms with Crippen LogP contribution < -0.4 is 10.5 Å². The Morgan fingerprint density at radius 2 is 1.84 bits per heavy atom. The number of rotatable bonds is 4. The highest BCUT2D eigenvalue weighted by Gasteiger charge is 2.04. The number of hydrogen-bond acceptors (Lipinski definition) is 2. The second-order valence-corrected chi connectivity index (χ2v) is 4.44. The highest BCUT2D eigenvalue weighted by atomic mass is 35.5. The van der Waals surface area contributed by atoms with Gasteiger partial charge in [-0.05, 0) is 35.4 Å². The summed E-state index contributed by atoms with van der Waals surface area (Å²) in [6, 6.07) is 8.57. The van der Waals surface area contributed by atoms with Crippen LogP contribution in [0.4, 0.5) is 8.78 Å². The van der Waals surface area contributed by atoms with Crippen LogP contribution in [0.2, 0.25) is 5.02 Å². The van der Waals surface area contributed by atoms with Crippen LogP contribution in [0.3, 0.4) is 0 Å². The SMILES string of the molecule is NCc1cc(F)cc(OCc2ccc(F)c(Cl)c2)c1. The number of benzene rings is 2. The molecule has 2 N–H and O–H groups in total. The van der Waals surface area contributed by atoms with E-state index in [1.807, 2.05) is 0 Å². The first kappa shape index (κ1) is 13.8. The Hall–Kier alpha value is -1.65. The van der Waals surface area contributed by atoms with Crippen LogP contribution in [0.15, 0.2) is 36.4 Å². The van der Waals surface area contributed by atoms with Crippen molar-refractivity contribution in [2.75, 3.05) is 0 Å². The number of halogens is 3. The minimum atomic E-state index is -0.485. The van der Waals surface area contributed by atoms with Gasteiger partial charge in [-0.15, -0.1) is 0 Å². The molecule has 2 aromatic carbocycles. The quantitative estimate of drug-likeness (QED) is 0.929. The van der Waals surface area contributed by atoms with Gasteiger partial charge in [0, 0.05) is 12.6 Å². The standard InChI is InChI=1S/C14H12ClF2NO/c15-13-5-9(1-2-14(13)17)8-19-12-4-10(7-18)3-11(16)6-12/h1-6H,7-8,18H2. The summed E-state index contributed by atoms with van der Waals surface area (Å²) in [7, 11) is 0. The summed E-state index contributed by atoms with van der Waals surface area (Å²) >= 11 is 5.66. The molecule has 19 heavy (non-hydrogen) atoms. The lowest BCUT2D eigenvalue weighted by atomic mass is 10.2. The molecular weight excluding hydrogens is 272 g/mol. The normalized spacial score (nSPS) is 10.5. The van der Waals surface area contributed by atoms with Crippen LogP contribution in [0, 0.1) is 11.6 Å². The number of ether oxygens (including phenoxy) is 1. The van der Waals surface area contributed by atoms with Gasteiger partial charge in [-0.3, -0.25) is 0 Å². The molecule has 2 aromatic rings. The Morgan fingerprint density at radius 1 is 1.05 bits per heavy atom. The van der Waals surface area contributed by atoms with E-state index in [1.54, 1.807) is 12.1 Å². The molecule has 0 spiro atoms. The highest BCUT2D eigenvalue weighted by molar-refractivity contribution is 6.30. The molecule has 0 aromatic heterocycles. The van der Waals surface area contributed by atoms with Crippen LogP contribution in [-0.2, 0) is 13.2 Å². The molecule has 5 heteroatoms. The van der Waals surface area contributed by atoms with Gasteiger partial charge in [0.25, 0.3) is 0 Å². The smallest absolute Gasteiger partial charge is 0.141 e. The summed E-state index contributed by atoms with van der Waals surface area (Å²) in [5.41, 5.74) is 6.79. The molecule has 0 aliphatic carbocycles. The Bertz CT molecular complexity index is 590. The Labute approximate surface area is 114 Å². The second kappa shape index (κ2) is 5.99. The van der Waals surface area contributed by atoms with E-state index in [9.17, 15) is 8.78 Å². The molecule has 0 saturated carbocycles. The van der Waals surface area contributed by atoms with E-state index in [0.29, 0.717) is 16.9 Å². The monoisotopic (exact) mass is 283 g/mol. The third-order valence-electron chi connectivity index (χ3n) is 2.56. The van der Waals surface area contributed by atoms with Crippen molar-refractivity contribution in [3.8, 4) is 5.75 Å². The van der Waals surface area contributed by atoms with E-state index in [4.69, 9.17) is 22.1 Å². The maximum absolute atomic E-state index is 13.3. The fourth-order valence-corrected chi connectivity index (χ4v) is 1.82. The van der Waals surface area contributed by atoms with Crippen molar-refractivity contribution in [1.29, 1.82) is 0 Å². The highest BCUT2D eigenvalue weighted by Crippen LogP contribution is 2.20. The minimum absolute atomic E-state index is 0.0305. The molecule has 0 aliphatic heterocycles.